The Bertz CT molecular complexity index is 1460. The van der Waals surface area contributed by atoms with Crippen LogP contribution in [0.25, 0.3) is 0 Å². The minimum Gasteiger partial charge on any atom is -0.504 e. The van der Waals surface area contributed by atoms with Crippen molar-refractivity contribution in [2.45, 2.75) is 81.1 Å². The number of hydrogen-bond donors (Lipinski definition) is 4. The van der Waals surface area contributed by atoms with Crippen LogP contribution in [0.3, 0.4) is 0 Å². The van der Waals surface area contributed by atoms with Crippen molar-refractivity contribution in [1.82, 2.24) is 4.90 Å². The lowest BCUT2D eigenvalue weighted by Crippen LogP contribution is -2.74. The molecule has 45 heavy (non-hydrogen) atoms. The van der Waals surface area contributed by atoms with Gasteiger partial charge in [0.2, 0.25) is 6.10 Å². The highest BCUT2D eigenvalue weighted by atomic mass is 19.4. The fourth-order valence-electron chi connectivity index (χ4n) is 6.46. The number of aromatic hydroxyl groups is 1. The molecule has 5 rings (SSSR count). The summed E-state index contributed by atoms with van der Waals surface area (Å²) >= 11 is 0. The summed E-state index contributed by atoms with van der Waals surface area (Å²) in [5, 5.41) is 38.9. The van der Waals surface area contributed by atoms with Crippen LogP contribution in [0.4, 0.5) is 13.2 Å². The lowest BCUT2D eigenvalue weighted by atomic mass is 9.50. The van der Waals surface area contributed by atoms with Crippen molar-refractivity contribution in [3.8, 4) is 11.5 Å². The number of aliphatic carboxylic acids is 2. The molecule has 2 bridgehead atoms. The van der Waals surface area contributed by atoms with Crippen LogP contribution in [0, 0.1) is 0 Å². The summed E-state index contributed by atoms with van der Waals surface area (Å²) < 4.78 is 53.2. The zero-order valence-corrected chi connectivity index (χ0v) is 24.1. The van der Waals surface area contributed by atoms with Gasteiger partial charge < -0.3 is 44.3 Å². The third kappa shape index (κ3) is 5.88. The number of hydrogen-bond acceptors (Lipinski definition) is 12. The van der Waals surface area contributed by atoms with Crippen LogP contribution in [0.1, 0.15) is 44.2 Å². The van der Waals surface area contributed by atoms with Crippen LogP contribution in [0.15, 0.2) is 24.0 Å². The molecule has 0 aromatic heterocycles. The molecule has 4 aliphatic rings. The number of ether oxygens (including phenoxy) is 4. The van der Waals surface area contributed by atoms with E-state index in [9.17, 15) is 42.6 Å². The molecule has 2 aliphatic carbocycles. The molecule has 0 radical (unpaired) electrons. The Morgan fingerprint density at radius 1 is 1.16 bits per heavy atom. The molecule has 1 aromatic carbocycles. The van der Waals surface area contributed by atoms with Gasteiger partial charge in [-0.3, -0.25) is 9.59 Å². The maximum atomic E-state index is 12.9. The number of carboxylic acid groups (broad SMARTS) is 2. The van der Waals surface area contributed by atoms with Crippen molar-refractivity contribution < 1.29 is 76.5 Å². The number of carboxylic acids is 2. The van der Waals surface area contributed by atoms with Gasteiger partial charge in [0.25, 0.3) is 0 Å². The van der Waals surface area contributed by atoms with E-state index in [1.807, 2.05) is 13.1 Å². The first-order valence-electron chi connectivity index (χ1n) is 13.6. The minimum atomic E-state index is -5.08. The van der Waals surface area contributed by atoms with Gasteiger partial charge in [0, 0.05) is 24.9 Å². The first-order valence-corrected chi connectivity index (χ1v) is 13.6. The average molecular weight is 646 g/mol. The van der Waals surface area contributed by atoms with Gasteiger partial charge in [-0.05, 0) is 51.1 Å². The third-order valence-corrected chi connectivity index (χ3v) is 8.39. The number of phenolic OH excluding ortho intramolecular Hbond substituents is 1. The van der Waals surface area contributed by atoms with E-state index in [1.54, 1.807) is 12.1 Å². The fraction of sp³-hybridized carbons (Fsp3) is 0.536. The summed E-state index contributed by atoms with van der Waals surface area (Å²) in [6.45, 7) is 2.93. The lowest BCUT2D eigenvalue weighted by Gasteiger charge is -2.61. The Balaban J connectivity index is 0.000000591. The second-order valence-electron chi connectivity index (χ2n) is 11.1. The molecule has 17 heteroatoms. The monoisotopic (exact) mass is 645 g/mol. The summed E-state index contributed by atoms with van der Waals surface area (Å²) in [6, 6.07) is 3.18. The van der Waals surface area contributed by atoms with E-state index in [-0.39, 0.29) is 29.7 Å². The number of aliphatic hydroxyl groups is 1. The zero-order chi connectivity index (χ0) is 33.6. The maximum absolute atomic E-state index is 12.9. The van der Waals surface area contributed by atoms with E-state index in [2.05, 4.69) is 9.64 Å². The van der Waals surface area contributed by atoms with Gasteiger partial charge in [0.15, 0.2) is 23.7 Å². The molecule has 1 aromatic rings. The van der Waals surface area contributed by atoms with E-state index in [0.29, 0.717) is 19.4 Å². The Morgan fingerprint density at radius 3 is 2.38 bits per heavy atom. The number of alkyl halides is 3. The molecule has 2 heterocycles. The summed E-state index contributed by atoms with van der Waals surface area (Å²) in [6.07, 6.45) is -7.09. The summed E-state index contributed by atoms with van der Waals surface area (Å²) in [5.74, 6) is -6.84. The number of nitrogens with zero attached hydrogens (tertiary/aromatic N) is 1. The summed E-state index contributed by atoms with van der Waals surface area (Å²) in [5.41, 5.74) is -0.486. The molecule has 4 N–H and O–H groups in total. The number of likely N-dealkylation sites (N-methyl/N-ethyl adjacent to an activating group) is 1. The fourth-order valence-corrected chi connectivity index (χ4v) is 6.46. The van der Waals surface area contributed by atoms with Crippen LogP contribution in [-0.2, 0) is 50.0 Å². The van der Waals surface area contributed by atoms with Crippen LogP contribution in [0.2, 0.25) is 0 Å². The van der Waals surface area contributed by atoms with Crippen molar-refractivity contribution in [1.29, 1.82) is 0 Å². The van der Waals surface area contributed by atoms with Crippen LogP contribution >= 0.6 is 0 Å². The van der Waals surface area contributed by atoms with Crippen molar-refractivity contribution in [2.75, 3.05) is 13.6 Å². The molecule has 1 spiro atoms. The van der Waals surface area contributed by atoms with Gasteiger partial charge in [0.05, 0.1) is 17.4 Å². The number of carbonyl (C=O) groups excluding carboxylic acids is 3. The Labute approximate surface area is 252 Å². The van der Waals surface area contributed by atoms with Crippen molar-refractivity contribution >= 4 is 29.8 Å². The van der Waals surface area contributed by atoms with Gasteiger partial charge in [-0.2, -0.15) is 13.2 Å². The van der Waals surface area contributed by atoms with Gasteiger partial charge in [-0.15, -0.1) is 0 Å². The largest absolute Gasteiger partial charge is 0.504 e. The van der Waals surface area contributed by atoms with Crippen LogP contribution in [-0.4, -0.2) is 105 Å². The quantitative estimate of drug-likeness (QED) is 0.243. The number of phenols is 1. The van der Waals surface area contributed by atoms with Crippen molar-refractivity contribution in [3.05, 3.63) is 35.1 Å². The summed E-state index contributed by atoms with van der Waals surface area (Å²) in [4.78, 5) is 58.5. The predicted molar refractivity (Wildman–Crippen MR) is 140 cm³/mol. The SMILES string of the molecule is CC(=O)O[C@@H](CC(=O)O[C@@H](C)C(=O)OC1=CC[C@@]2(O)[C@H]3Cc4ccc(O)c5c4[C@@]2(CCN3C)[C@H]1O5)C(=O)O.O=C(O)C(F)(F)F. The van der Waals surface area contributed by atoms with Gasteiger partial charge in [-0.25, -0.2) is 14.4 Å². The molecule has 1 saturated heterocycles. The number of piperidine rings is 1. The topological polar surface area (TPSA) is 206 Å². The van der Waals surface area contributed by atoms with Gasteiger partial charge in [0.1, 0.15) is 5.76 Å². The molecule has 6 atom stereocenters. The highest BCUT2D eigenvalue weighted by Gasteiger charge is 2.72. The number of likely N-dealkylation sites (tertiary alicyclic amines) is 1. The molecule has 2 aliphatic heterocycles. The molecule has 0 amide bonds. The number of halogens is 3. The minimum absolute atomic E-state index is 0.0685. The molecule has 1 fully saturated rings. The van der Waals surface area contributed by atoms with E-state index in [1.165, 1.54) is 6.92 Å². The number of esters is 3. The first kappa shape index (κ1) is 33.5. The van der Waals surface area contributed by atoms with E-state index in [0.717, 1.165) is 18.1 Å². The van der Waals surface area contributed by atoms with Crippen molar-refractivity contribution in [3.63, 3.8) is 0 Å². The van der Waals surface area contributed by atoms with Gasteiger partial charge >= 0.3 is 36.0 Å². The second kappa shape index (κ2) is 11.8. The van der Waals surface area contributed by atoms with E-state index >= 15 is 0 Å². The molecular weight excluding hydrogens is 615 g/mol. The van der Waals surface area contributed by atoms with Crippen LogP contribution < -0.4 is 4.74 Å². The lowest BCUT2D eigenvalue weighted by molar-refractivity contribution is -0.192. The smallest absolute Gasteiger partial charge is 0.490 e. The predicted octanol–water partition coefficient (Wildman–Crippen LogP) is 1.18. The molecule has 14 nitrogen and oxygen atoms in total. The number of carbonyl (C=O) groups is 5. The Kier molecular flexibility index (Phi) is 8.82. The van der Waals surface area contributed by atoms with Gasteiger partial charge in [-0.1, -0.05) is 6.07 Å². The maximum Gasteiger partial charge on any atom is 0.490 e. The van der Waals surface area contributed by atoms with Crippen LogP contribution in [0.5, 0.6) is 11.5 Å². The van der Waals surface area contributed by atoms with Crippen molar-refractivity contribution in [2.24, 2.45) is 0 Å². The number of benzene rings is 1. The van der Waals surface area contributed by atoms with E-state index in [4.69, 9.17) is 29.2 Å². The normalized spacial score (nSPS) is 27.2. The molecule has 0 unspecified atom stereocenters. The number of rotatable bonds is 7. The average Bonchev–Trinajstić information content (AvgIpc) is 3.29. The summed E-state index contributed by atoms with van der Waals surface area (Å²) in [7, 11) is 1.96. The highest BCUT2D eigenvalue weighted by Crippen LogP contribution is 2.65. The Morgan fingerprint density at radius 2 is 1.80 bits per heavy atom. The third-order valence-electron chi connectivity index (χ3n) is 8.39. The highest BCUT2D eigenvalue weighted by molar-refractivity contribution is 5.85. The first-order chi connectivity index (χ1) is 20.8. The molecular formula is C28H30F3NO13. The second-order valence-corrected chi connectivity index (χ2v) is 11.1. The Hall–Kier alpha value is -4.38. The molecule has 0 saturated carbocycles. The van der Waals surface area contributed by atoms with E-state index < -0.39 is 71.8 Å². The molecule has 246 valence electrons. The standard InChI is InChI=1S/C26H29NO11.C2HF3O2/c1-12(35-19(30)11-17(23(31)32)36-13(2)28)24(33)37-16-6-7-26(34)18-10-14-4-5-15(29)21-20(14)25(26,22(16)38-21)8-9-27(18)3;3-2(4,5)1(6)7/h4-6,12,17-18,22,29,34H,7-11H2,1-3H3,(H,31,32);(H,6,7)/t12-,17-,18+,22-,25-,26+;/m0./s1. The zero-order valence-electron chi connectivity index (χ0n) is 24.1.